The van der Waals surface area contributed by atoms with Gasteiger partial charge in [0.25, 0.3) is 5.91 Å². The standard InChI is InChI=1S/C19H21N3O3/c1-19(15-9-7-13(11-20)8-10-15)17(24)22(18(25)21-19)12-16(23)14-5-3-2-4-6-14/h7-10,14H,2-6,12H2,1H3,(H,21,25). The molecular formula is C19H21N3O3. The smallest absolute Gasteiger partial charge is 0.319 e. The fourth-order valence-electron chi connectivity index (χ4n) is 3.62. The van der Waals surface area contributed by atoms with Crippen molar-refractivity contribution in [3.05, 3.63) is 35.4 Å². The number of rotatable bonds is 4. The maximum absolute atomic E-state index is 12.8. The lowest BCUT2D eigenvalue weighted by Crippen LogP contribution is -2.42. The van der Waals surface area contributed by atoms with Crippen LogP contribution in [0.4, 0.5) is 4.79 Å². The van der Waals surface area contributed by atoms with Gasteiger partial charge in [0, 0.05) is 5.92 Å². The number of benzene rings is 1. The number of amides is 3. The lowest BCUT2D eigenvalue weighted by atomic mass is 9.86. The van der Waals surface area contributed by atoms with E-state index in [2.05, 4.69) is 5.32 Å². The van der Waals surface area contributed by atoms with E-state index in [0.717, 1.165) is 37.0 Å². The van der Waals surface area contributed by atoms with Crippen molar-refractivity contribution in [2.45, 2.75) is 44.6 Å². The minimum absolute atomic E-state index is 0.0349. The molecule has 1 saturated heterocycles. The van der Waals surface area contributed by atoms with E-state index in [1.54, 1.807) is 31.2 Å². The first-order chi connectivity index (χ1) is 12.0. The van der Waals surface area contributed by atoms with E-state index in [0.29, 0.717) is 11.1 Å². The fourth-order valence-corrected chi connectivity index (χ4v) is 3.62. The molecule has 1 saturated carbocycles. The zero-order valence-electron chi connectivity index (χ0n) is 14.2. The number of hydrogen-bond donors (Lipinski definition) is 1. The summed E-state index contributed by atoms with van der Waals surface area (Å²) in [5, 5.41) is 11.6. The zero-order chi connectivity index (χ0) is 18.0. The number of nitrogens with zero attached hydrogens (tertiary/aromatic N) is 2. The number of carbonyl (C=O) groups is 3. The summed E-state index contributed by atoms with van der Waals surface area (Å²) in [6.45, 7) is 1.46. The van der Waals surface area contributed by atoms with Gasteiger partial charge in [-0.1, -0.05) is 31.4 Å². The predicted octanol–water partition coefficient (Wildman–Crippen LogP) is 2.47. The maximum Gasteiger partial charge on any atom is 0.325 e. The quantitative estimate of drug-likeness (QED) is 0.853. The van der Waals surface area contributed by atoms with Crippen molar-refractivity contribution in [2.75, 3.05) is 6.54 Å². The van der Waals surface area contributed by atoms with Crippen LogP contribution in [-0.4, -0.2) is 29.2 Å². The van der Waals surface area contributed by atoms with Crippen LogP contribution in [0.3, 0.4) is 0 Å². The number of nitrogens with one attached hydrogen (secondary N) is 1. The molecule has 1 aromatic rings. The molecule has 1 aliphatic carbocycles. The summed E-state index contributed by atoms with van der Waals surface area (Å²) in [5.74, 6) is -0.505. The highest BCUT2D eigenvalue weighted by atomic mass is 16.2. The summed E-state index contributed by atoms with van der Waals surface area (Å²) < 4.78 is 0. The largest absolute Gasteiger partial charge is 0.325 e. The molecule has 0 bridgehead atoms. The molecule has 6 nitrogen and oxygen atoms in total. The Morgan fingerprint density at radius 1 is 1.24 bits per heavy atom. The Balaban J connectivity index is 1.76. The fraction of sp³-hybridized carbons (Fsp3) is 0.474. The lowest BCUT2D eigenvalue weighted by molar-refractivity contribution is -0.135. The first kappa shape index (κ1) is 17.2. The number of ketones is 1. The highest BCUT2D eigenvalue weighted by Crippen LogP contribution is 2.30. The molecule has 1 aliphatic heterocycles. The number of carbonyl (C=O) groups excluding carboxylic acids is 3. The Labute approximate surface area is 146 Å². The van der Waals surface area contributed by atoms with Crippen molar-refractivity contribution in [2.24, 2.45) is 5.92 Å². The molecule has 0 aromatic heterocycles. The second kappa shape index (κ2) is 6.67. The average molecular weight is 339 g/mol. The molecule has 2 fully saturated rings. The summed E-state index contributed by atoms with van der Waals surface area (Å²) >= 11 is 0. The van der Waals surface area contributed by atoms with Crippen molar-refractivity contribution in [3.63, 3.8) is 0 Å². The lowest BCUT2D eigenvalue weighted by Gasteiger charge is -2.24. The molecule has 0 radical (unpaired) electrons. The summed E-state index contributed by atoms with van der Waals surface area (Å²) in [4.78, 5) is 38.6. The van der Waals surface area contributed by atoms with Crippen LogP contribution in [-0.2, 0) is 15.1 Å². The van der Waals surface area contributed by atoms with Crippen molar-refractivity contribution in [3.8, 4) is 6.07 Å². The third kappa shape index (κ3) is 3.14. The number of urea groups is 1. The van der Waals surface area contributed by atoms with Crippen LogP contribution in [0.15, 0.2) is 24.3 Å². The van der Waals surface area contributed by atoms with Crippen LogP contribution in [0, 0.1) is 17.2 Å². The van der Waals surface area contributed by atoms with Gasteiger partial charge in [0.05, 0.1) is 18.2 Å². The molecule has 0 spiro atoms. The van der Waals surface area contributed by atoms with E-state index < -0.39 is 17.5 Å². The number of Topliss-reactive ketones (excluding diaryl/α,β-unsaturated/α-hetero) is 1. The second-order valence-corrected chi connectivity index (χ2v) is 6.94. The van der Waals surface area contributed by atoms with E-state index in [9.17, 15) is 14.4 Å². The molecule has 130 valence electrons. The minimum Gasteiger partial charge on any atom is -0.319 e. The predicted molar refractivity (Wildman–Crippen MR) is 90.3 cm³/mol. The van der Waals surface area contributed by atoms with Crippen molar-refractivity contribution < 1.29 is 14.4 Å². The molecule has 25 heavy (non-hydrogen) atoms. The number of nitriles is 1. The van der Waals surface area contributed by atoms with Gasteiger partial charge in [0.2, 0.25) is 0 Å². The van der Waals surface area contributed by atoms with Crippen LogP contribution in [0.2, 0.25) is 0 Å². The molecule has 1 unspecified atom stereocenters. The molecule has 3 amide bonds. The highest BCUT2D eigenvalue weighted by molar-refractivity contribution is 6.09. The second-order valence-electron chi connectivity index (χ2n) is 6.94. The molecule has 6 heteroatoms. The highest BCUT2D eigenvalue weighted by Gasteiger charge is 2.49. The summed E-state index contributed by atoms with van der Waals surface area (Å²) in [6.07, 6.45) is 4.88. The van der Waals surface area contributed by atoms with Crippen molar-refractivity contribution >= 4 is 17.7 Å². The third-order valence-electron chi connectivity index (χ3n) is 5.24. The van der Waals surface area contributed by atoms with E-state index in [4.69, 9.17) is 5.26 Å². The Bertz CT molecular complexity index is 744. The van der Waals surface area contributed by atoms with Gasteiger partial charge in [0.15, 0.2) is 5.78 Å². The van der Waals surface area contributed by atoms with E-state index in [-0.39, 0.29) is 18.2 Å². The maximum atomic E-state index is 12.8. The summed E-state index contributed by atoms with van der Waals surface area (Å²) in [5.41, 5.74) is -0.135. The van der Waals surface area contributed by atoms with Gasteiger partial charge in [-0.25, -0.2) is 4.79 Å². The van der Waals surface area contributed by atoms with Gasteiger partial charge >= 0.3 is 6.03 Å². The van der Waals surface area contributed by atoms with Gasteiger partial charge in [0.1, 0.15) is 5.54 Å². The van der Waals surface area contributed by atoms with E-state index >= 15 is 0 Å². The molecule has 1 heterocycles. The van der Waals surface area contributed by atoms with Crippen LogP contribution < -0.4 is 5.32 Å². The molecule has 2 aliphatic rings. The van der Waals surface area contributed by atoms with Gasteiger partial charge < -0.3 is 5.32 Å². The third-order valence-corrected chi connectivity index (χ3v) is 5.24. The monoisotopic (exact) mass is 339 g/mol. The normalized spacial score (nSPS) is 24.1. The van der Waals surface area contributed by atoms with E-state index in [1.807, 2.05) is 6.07 Å². The topological polar surface area (TPSA) is 90.3 Å². The van der Waals surface area contributed by atoms with Crippen molar-refractivity contribution in [1.82, 2.24) is 10.2 Å². The molecule has 1 aromatic carbocycles. The SMILES string of the molecule is CC1(c2ccc(C#N)cc2)NC(=O)N(CC(=O)C2CCCCC2)C1=O. The van der Waals surface area contributed by atoms with Crippen LogP contribution in [0.25, 0.3) is 0 Å². The Morgan fingerprint density at radius 3 is 2.48 bits per heavy atom. The molecular weight excluding hydrogens is 318 g/mol. The molecule has 1 N–H and O–H groups in total. The Kier molecular flexibility index (Phi) is 4.58. The Morgan fingerprint density at radius 2 is 1.88 bits per heavy atom. The zero-order valence-corrected chi connectivity index (χ0v) is 14.2. The first-order valence-corrected chi connectivity index (χ1v) is 8.63. The Hall–Kier alpha value is -2.68. The van der Waals surface area contributed by atoms with Crippen LogP contribution >= 0.6 is 0 Å². The van der Waals surface area contributed by atoms with Gasteiger partial charge in [-0.05, 0) is 37.5 Å². The van der Waals surface area contributed by atoms with Crippen LogP contribution in [0.5, 0.6) is 0 Å². The summed E-state index contributed by atoms with van der Waals surface area (Å²) in [6, 6.07) is 8.01. The van der Waals surface area contributed by atoms with Crippen molar-refractivity contribution in [1.29, 1.82) is 5.26 Å². The van der Waals surface area contributed by atoms with E-state index in [1.165, 1.54) is 0 Å². The molecule has 3 rings (SSSR count). The average Bonchev–Trinajstić information content (AvgIpc) is 2.86. The van der Waals surface area contributed by atoms with Gasteiger partial charge in [-0.2, -0.15) is 5.26 Å². The minimum atomic E-state index is -1.21. The number of hydrogen-bond acceptors (Lipinski definition) is 4. The van der Waals surface area contributed by atoms with Gasteiger partial charge in [-0.15, -0.1) is 0 Å². The van der Waals surface area contributed by atoms with Gasteiger partial charge in [-0.3, -0.25) is 14.5 Å². The summed E-state index contributed by atoms with van der Waals surface area (Å²) in [7, 11) is 0. The first-order valence-electron chi connectivity index (χ1n) is 8.63. The number of imide groups is 1. The van der Waals surface area contributed by atoms with Crippen LogP contribution in [0.1, 0.15) is 50.2 Å². The molecule has 1 atom stereocenters.